The van der Waals surface area contributed by atoms with Crippen molar-refractivity contribution in [2.75, 3.05) is 26.2 Å². The zero-order valence-electron chi connectivity index (χ0n) is 19.8. The van der Waals surface area contributed by atoms with Crippen molar-refractivity contribution in [1.29, 1.82) is 5.26 Å². The van der Waals surface area contributed by atoms with Crippen molar-refractivity contribution in [2.24, 2.45) is 5.41 Å². The predicted octanol–water partition coefficient (Wildman–Crippen LogP) is 2.46. The largest absolute Gasteiger partial charge is 0.336 e. The van der Waals surface area contributed by atoms with E-state index in [4.69, 9.17) is 0 Å². The van der Waals surface area contributed by atoms with Gasteiger partial charge in [0.15, 0.2) is 0 Å². The zero-order valence-corrected chi connectivity index (χ0v) is 19.8. The van der Waals surface area contributed by atoms with Crippen LogP contribution in [0.5, 0.6) is 0 Å². The minimum absolute atomic E-state index is 0.0995. The molecule has 4 fully saturated rings. The molecule has 8 nitrogen and oxygen atoms in total. The van der Waals surface area contributed by atoms with Crippen molar-refractivity contribution in [1.82, 2.24) is 25.4 Å². The van der Waals surface area contributed by atoms with Gasteiger partial charge in [-0.05, 0) is 63.7 Å². The van der Waals surface area contributed by atoms with Crippen LogP contribution in [0.2, 0.25) is 0 Å². The van der Waals surface area contributed by atoms with Crippen molar-refractivity contribution in [3.63, 3.8) is 0 Å². The Balaban J connectivity index is 1.20. The average molecular weight is 487 g/mol. The lowest BCUT2D eigenvalue weighted by molar-refractivity contribution is -0.126. The lowest BCUT2D eigenvalue weighted by atomic mass is 9.72. The van der Waals surface area contributed by atoms with Gasteiger partial charge in [0.2, 0.25) is 5.91 Å². The minimum atomic E-state index is -3.27. The normalized spacial score (nSPS) is 23.6. The number of urea groups is 1. The van der Waals surface area contributed by atoms with E-state index in [-0.39, 0.29) is 11.1 Å². The third-order valence-corrected chi connectivity index (χ3v) is 7.87. The first kappa shape index (κ1) is 23.9. The summed E-state index contributed by atoms with van der Waals surface area (Å²) in [7, 11) is 0. The molecule has 3 amide bonds. The highest BCUT2D eigenvalue weighted by Gasteiger charge is 2.50. The molecular weight excluding hydrogens is 454 g/mol. The van der Waals surface area contributed by atoms with Crippen LogP contribution in [0.25, 0.3) is 0 Å². The van der Waals surface area contributed by atoms with E-state index in [0.29, 0.717) is 25.9 Å². The number of hydrogen-bond acceptors (Lipinski definition) is 5. The lowest BCUT2D eigenvalue weighted by Gasteiger charge is -2.54. The summed E-state index contributed by atoms with van der Waals surface area (Å²) in [6, 6.07) is 5.60. The van der Waals surface area contributed by atoms with Crippen LogP contribution < -0.4 is 10.6 Å². The van der Waals surface area contributed by atoms with Crippen molar-refractivity contribution < 1.29 is 18.4 Å². The zero-order chi connectivity index (χ0) is 24.7. The number of alkyl halides is 2. The van der Waals surface area contributed by atoms with Crippen LogP contribution in [-0.4, -0.2) is 76.4 Å². The molecule has 0 radical (unpaired) electrons. The molecule has 0 aromatic carbocycles. The lowest BCUT2D eigenvalue weighted by Crippen LogP contribution is -2.65. The summed E-state index contributed by atoms with van der Waals surface area (Å²) < 4.78 is 29.9. The van der Waals surface area contributed by atoms with E-state index < -0.39 is 42.3 Å². The van der Waals surface area contributed by atoms with E-state index in [1.54, 1.807) is 17.0 Å². The number of likely N-dealkylation sites (tertiary alicyclic amines) is 2. The number of piperidine rings is 1. The number of carbonyl (C=O) groups excluding carboxylic acids is 2. The molecule has 0 bridgehead atoms. The molecule has 10 heteroatoms. The highest BCUT2D eigenvalue weighted by atomic mass is 19.3. The number of aromatic nitrogens is 1. The van der Waals surface area contributed by atoms with Crippen LogP contribution in [-0.2, 0) is 11.2 Å². The van der Waals surface area contributed by atoms with E-state index in [9.17, 15) is 23.6 Å². The minimum Gasteiger partial charge on any atom is -0.336 e. The third-order valence-electron chi connectivity index (χ3n) is 7.87. The van der Waals surface area contributed by atoms with Crippen molar-refractivity contribution >= 4 is 11.9 Å². The Labute approximate surface area is 204 Å². The maximum absolute atomic E-state index is 14.9. The Bertz CT molecular complexity index is 989. The Hall–Kier alpha value is -2.80. The SMILES string of the molecule is N#CC1(NC(=O)C(CC(F)(F)Cc2ccccn2)NC(=O)N2CC3(CCN(C4CC4)CC3)C2)CC1. The van der Waals surface area contributed by atoms with E-state index in [1.807, 2.05) is 6.07 Å². The van der Waals surface area contributed by atoms with Gasteiger partial charge in [-0.3, -0.25) is 9.78 Å². The quantitative estimate of drug-likeness (QED) is 0.588. The number of halogens is 2. The molecule has 5 rings (SSSR count). The smallest absolute Gasteiger partial charge is 0.318 e. The van der Waals surface area contributed by atoms with Crippen LogP contribution in [0.1, 0.15) is 50.6 Å². The topological polar surface area (TPSA) is 101 Å². The molecule has 188 valence electrons. The van der Waals surface area contributed by atoms with Crippen LogP contribution >= 0.6 is 0 Å². The van der Waals surface area contributed by atoms with Gasteiger partial charge in [-0.15, -0.1) is 0 Å². The van der Waals surface area contributed by atoms with Gasteiger partial charge in [0.25, 0.3) is 5.92 Å². The molecule has 2 N–H and O–H groups in total. The van der Waals surface area contributed by atoms with Crippen LogP contribution in [0, 0.1) is 16.7 Å². The molecule has 35 heavy (non-hydrogen) atoms. The summed E-state index contributed by atoms with van der Waals surface area (Å²) in [4.78, 5) is 33.9. The Morgan fingerprint density at radius 3 is 2.49 bits per heavy atom. The van der Waals surface area contributed by atoms with Gasteiger partial charge < -0.3 is 20.4 Å². The number of carbonyl (C=O) groups is 2. The number of amides is 3. The number of nitrogens with zero attached hydrogens (tertiary/aromatic N) is 4. The first-order valence-corrected chi connectivity index (χ1v) is 12.5. The summed E-state index contributed by atoms with van der Waals surface area (Å²) in [5.41, 5.74) is -0.699. The fraction of sp³-hybridized carbons (Fsp3) is 0.680. The highest BCUT2D eigenvalue weighted by Crippen LogP contribution is 2.43. The summed E-state index contributed by atoms with van der Waals surface area (Å²) in [6.45, 7) is 3.25. The van der Waals surface area contributed by atoms with Crippen LogP contribution in [0.15, 0.2) is 24.4 Å². The number of nitrogens with one attached hydrogen (secondary N) is 2. The van der Waals surface area contributed by atoms with E-state index >= 15 is 0 Å². The van der Waals surface area contributed by atoms with Crippen LogP contribution in [0.4, 0.5) is 13.6 Å². The standard InChI is InChI=1S/C25H32F2N6O2/c26-25(27,13-18-3-1-2-10-29-18)14-20(21(34)31-24(15-28)6-7-24)30-22(35)33-16-23(17-33)8-11-32(12-9-23)19-4-5-19/h1-3,10,19-20H,4-9,11-14,16-17H2,(H,30,35)(H,31,34). The highest BCUT2D eigenvalue weighted by molar-refractivity contribution is 5.88. The second-order valence-electron chi connectivity index (χ2n) is 10.9. The summed E-state index contributed by atoms with van der Waals surface area (Å²) in [5, 5.41) is 14.4. The van der Waals surface area contributed by atoms with Gasteiger partial charge >= 0.3 is 6.03 Å². The molecule has 1 spiro atoms. The summed E-state index contributed by atoms with van der Waals surface area (Å²) in [6.07, 6.45) is 5.52. The van der Waals surface area contributed by atoms with E-state index in [2.05, 4.69) is 20.5 Å². The molecule has 1 aromatic rings. The first-order valence-electron chi connectivity index (χ1n) is 12.5. The number of rotatable bonds is 8. The number of pyridine rings is 1. The second kappa shape index (κ2) is 9.01. The molecule has 1 unspecified atom stereocenters. The molecule has 2 saturated heterocycles. The monoisotopic (exact) mass is 486 g/mol. The maximum atomic E-state index is 14.9. The Morgan fingerprint density at radius 1 is 1.20 bits per heavy atom. The van der Waals surface area contributed by atoms with Crippen LogP contribution in [0.3, 0.4) is 0 Å². The second-order valence-corrected chi connectivity index (χ2v) is 10.9. The third kappa shape index (κ3) is 5.56. The van der Waals surface area contributed by atoms with Gasteiger partial charge in [0, 0.05) is 42.9 Å². The predicted molar refractivity (Wildman–Crippen MR) is 123 cm³/mol. The van der Waals surface area contributed by atoms with Crippen molar-refractivity contribution in [3.8, 4) is 6.07 Å². The van der Waals surface area contributed by atoms with Gasteiger partial charge in [-0.2, -0.15) is 5.26 Å². The molecule has 2 aliphatic carbocycles. The van der Waals surface area contributed by atoms with Crippen molar-refractivity contribution in [3.05, 3.63) is 30.1 Å². The summed E-state index contributed by atoms with van der Waals surface area (Å²) >= 11 is 0. The molecule has 1 aromatic heterocycles. The molecule has 3 heterocycles. The number of nitriles is 1. The van der Waals surface area contributed by atoms with Gasteiger partial charge in [0.05, 0.1) is 12.5 Å². The van der Waals surface area contributed by atoms with Gasteiger partial charge in [-0.25, -0.2) is 13.6 Å². The van der Waals surface area contributed by atoms with Gasteiger partial charge in [0.1, 0.15) is 11.6 Å². The molecule has 4 aliphatic rings. The van der Waals surface area contributed by atoms with Gasteiger partial charge in [-0.1, -0.05) is 6.07 Å². The Morgan fingerprint density at radius 2 is 1.91 bits per heavy atom. The first-order chi connectivity index (χ1) is 16.7. The average Bonchev–Trinajstić information content (AvgIpc) is 3.73. The molecule has 2 aliphatic heterocycles. The Kier molecular flexibility index (Phi) is 6.16. The van der Waals surface area contributed by atoms with E-state index in [0.717, 1.165) is 32.0 Å². The molecular formula is C25H32F2N6O2. The fourth-order valence-electron chi connectivity index (χ4n) is 5.33. The van der Waals surface area contributed by atoms with Crippen molar-refractivity contribution in [2.45, 2.75) is 74.9 Å². The maximum Gasteiger partial charge on any atom is 0.318 e. The summed E-state index contributed by atoms with van der Waals surface area (Å²) in [5.74, 6) is -4.01. The molecule has 1 atom stereocenters. The molecule has 2 saturated carbocycles. The number of hydrogen-bond donors (Lipinski definition) is 2. The van der Waals surface area contributed by atoms with E-state index in [1.165, 1.54) is 25.1 Å². The fourth-order valence-corrected chi connectivity index (χ4v) is 5.33.